The lowest BCUT2D eigenvalue weighted by molar-refractivity contribution is 0.0522. The highest BCUT2D eigenvalue weighted by Crippen LogP contribution is 2.58. The topological polar surface area (TPSA) is 50.4 Å². The van der Waals surface area contributed by atoms with Crippen molar-refractivity contribution in [2.75, 3.05) is 19.6 Å². The zero-order chi connectivity index (χ0) is 12.5. The maximum Gasteiger partial charge on any atom is 0.407 e. The van der Waals surface area contributed by atoms with Crippen LogP contribution in [0.2, 0.25) is 0 Å². The second-order valence-electron chi connectivity index (χ2n) is 6.40. The molecule has 0 bridgehead atoms. The van der Waals surface area contributed by atoms with Crippen molar-refractivity contribution in [3.8, 4) is 0 Å². The molecule has 98 valence electrons. The summed E-state index contributed by atoms with van der Waals surface area (Å²) in [5.74, 6) is 0.664. The molecule has 1 spiro atoms. The summed E-state index contributed by atoms with van der Waals surface area (Å²) < 4.78 is 5.23. The molecule has 1 unspecified atom stereocenters. The maximum absolute atomic E-state index is 11.5. The van der Waals surface area contributed by atoms with Crippen molar-refractivity contribution in [3.63, 3.8) is 0 Å². The molecule has 1 saturated heterocycles. The Morgan fingerprint density at radius 1 is 1.41 bits per heavy atom. The first-order valence-corrected chi connectivity index (χ1v) is 6.59. The minimum atomic E-state index is -0.403. The van der Waals surface area contributed by atoms with E-state index in [4.69, 9.17) is 4.74 Å². The van der Waals surface area contributed by atoms with Gasteiger partial charge in [0, 0.05) is 6.54 Å². The zero-order valence-electron chi connectivity index (χ0n) is 11.1. The summed E-state index contributed by atoms with van der Waals surface area (Å²) in [6, 6.07) is 0. The molecule has 2 N–H and O–H groups in total. The number of carbonyl (C=O) groups excluding carboxylic acids is 1. The Kier molecular flexibility index (Phi) is 3.34. The Morgan fingerprint density at radius 3 is 2.65 bits per heavy atom. The van der Waals surface area contributed by atoms with Crippen LogP contribution in [-0.4, -0.2) is 31.3 Å². The molecule has 4 nitrogen and oxygen atoms in total. The predicted molar refractivity (Wildman–Crippen MR) is 66.9 cm³/mol. The molecule has 0 radical (unpaired) electrons. The monoisotopic (exact) mass is 240 g/mol. The average Bonchev–Trinajstić information content (AvgIpc) is 2.87. The second-order valence-corrected chi connectivity index (χ2v) is 6.40. The molecule has 0 aromatic carbocycles. The number of carbonyl (C=O) groups is 1. The van der Waals surface area contributed by atoms with Crippen LogP contribution in [0.5, 0.6) is 0 Å². The third-order valence-corrected chi connectivity index (χ3v) is 3.85. The van der Waals surface area contributed by atoms with E-state index in [9.17, 15) is 4.79 Å². The molecular formula is C13H24N2O2. The lowest BCUT2D eigenvalue weighted by atomic mass is 9.92. The summed E-state index contributed by atoms with van der Waals surface area (Å²) in [7, 11) is 0. The summed E-state index contributed by atoms with van der Waals surface area (Å²) >= 11 is 0. The van der Waals surface area contributed by atoms with Crippen molar-refractivity contribution in [2.45, 2.75) is 45.6 Å². The number of nitrogens with one attached hydrogen (secondary N) is 2. The van der Waals surface area contributed by atoms with Crippen LogP contribution < -0.4 is 10.6 Å². The van der Waals surface area contributed by atoms with Gasteiger partial charge in [-0.3, -0.25) is 0 Å². The van der Waals surface area contributed by atoms with Crippen LogP contribution in [0.1, 0.15) is 40.0 Å². The van der Waals surface area contributed by atoms with Gasteiger partial charge in [0.05, 0.1) is 0 Å². The van der Waals surface area contributed by atoms with Crippen molar-refractivity contribution >= 4 is 6.09 Å². The Labute approximate surface area is 103 Å². The molecule has 1 heterocycles. The van der Waals surface area contributed by atoms with Crippen molar-refractivity contribution < 1.29 is 9.53 Å². The molecule has 2 fully saturated rings. The molecule has 0 aromatic heterocycles. The van der Waals surface area contributed by atoms with Gasteiger partial charge in [-0.15, -0.1) is 0 Å². The van der Waals surface area contributed by atoms with Crippen LogP contribution in [0.3, 0.4) is 0 Å². The number of hydrogen-bond acceptors (Lipinski definition) is 3. The zero-order valence-corrected chi connectivity index (χ0v) is 11.1. The number of rotatable bonds is 2. The molecule has 0 aromatic rings. The van der Waals surface area contributed by atoms with Crippen LogP contribution in [0.15, 0.2) is 0 Å². The summed E-state index contributed by atoms with van der Waals surface area (Å²) in [5.41, 5.74) is 0.125. The highest BCUT2D eigenvalue weighted by molar-refractivity contribution is 5.67. The maximum atomic E-state index is 11.5. The van der Waals surface area contributed by atoms with Crippen molar-refractivity contribution in [1.29, 1.82) is 0 Å². The Hall–Kier alpha value is -0.770. The van der Waals surface area contributed by atoms with E-state index >= 15 is 0 Å². The first-order valence-electron chi connectivity index (χ1n) is 6.59. The SMILES string of the molecule is CC(C)(C)OC(=O)NCC1CC12CCNCC2. The Balaban J connectivity index is 1.68. The highest BCUT2D eigenvalue weighted by Gasteiger charge is 2.53. The van der Waals surface area contributed by atoms with E-state index in [2.05, 4.69) is 10.6 Å². The van der Waals surface area contributed by atoms with Gasteiger partial charge < -0.3 is 15.4 Å². The lowest BCUT2D eigenvalue weighted by Crippen LogP contribution is -2.35. The van der Waals surface area contributed by atoms with Crippen LogP contribution in [0, 0.1) is 11.3 Å². The summed E-state index contributed by atoms with van der Waals surface area (Å²) in [4.78, 5) is 11.5. The summed E-state index contributed by atoms with van der Waals surface area (Å²) in [6.45, 7) is 8.69. The molecule has 2 rings (SSSR count). The molecular weight excluding hydrogens is 216 g/mol. The molecule has 4 heteroatoms. The van der Waals surface area contributed by atoms with Gasteiger partial charge in [0.15, 0.2) is 0 Å². The quantitative estimate of drug-likeness (QED) is 0.775. The van der Waals surface area contributed by atoms with Gasteiger partial charge in [0.25, 0.3) is 0 Å². The van der Waals surface area contributed by atoms with Gasteiger partial charge >= 0.3 is 6.09 Å². The van der Waals surface area contributed by atoms with E-state index < -0.39 is 5.60 Å². The fourth-order valence-corrected chi connectivity index (χ4v) is 2.78. The first-order chi connectivity index (χ1) is 7.91. The van der Waals surface area contributed by atoms with E-state index in [1.54, 1.807) is 0 Å². The van der Waals surface area contributed by atoms with Gasteiger partial charge in [0.1, 0.15) is 5.60 Å². The number of alkyl carbamates (subject to hydrolysis) is 1. The van der Waals surface area contributed by atoms with Gasteiger partial charge in [-0.25, -0.2) is 4.79 Å². The van der Waals surface area contributed by atoms with E-state index in [1.165, 1.54) is 19.3 Å². The highest BCUT2D eigenvalue weighted by atomic mass is 16.6. The van der Waals surface area contributed by atoms with E-state index in [1.807, 2.05) is 20.8 Å². The van der Waals surface area contributed by atoms with E-state index in [0.29, 0.717) is 11.3 Å². The minimum absolute atomic E-state index is 0.284. The first kappa shape index (κ1) is 12.7. The predicted octanol–water partition coefficient (Wildman–Crippen LogP) is 1.90. The minimum Gasteiger partial charge on any atom is -0.444 e. The smallest absolute Gasteiger partial charge is 0.407 e. The van der Waals surface area contributed by atoms with Gasteiger partial charge in [-0.1, -0.05) is 0 Å². The standard InChI is InChI=1S/C13H24N2O2/c1-12(2,3)17-11(16)15-9-10-8-13(10)4-6-14-7-5-13/h10,14H,4-9H2,1-3H3,(H,15,16). The van der Waals surface area contributed by atoms with Crippen molar-refractivity contribution in [3.05, 3.63) is 0 Å². The number of piperidine rings is 1. The third kappa shape index (κ3) is 3.35. The molecule has 1 aliphatic heterocycles. The number of amides is 1. The fraction of sp³-hybridized carbons (Fsp3) is 0.923. The Morgan fingerprint density at radius 2 is 2.06 bits per heavy atom. The number of ether oxygens (including phenoxy) is 1. The molecule has 2 aliphatic rings. The normalized spacial score (nSPS) is 26.6. The average molecular weight is 240 g/mol. The molecule has 17 heavy (non-hydrogen) atoms. The summed E-state index contributed by atoms with van der Waals surface area (Å²) in [5, 5.41) is 6.28. The third-order valence-electron chi connectivity index (χ3n) is 3.85. The summed E-state index contributed by atoms with van der Waals surface area (Å²) in [6.07, 6.45) is 3.50. The van der Waals surface area contributed by atoms with Crippen LogP contribution >= 0.6 is 0 Å². The van der Waals surface area contributed by atoms with Crippen molar-refractivity contribution in [1.82, 2.24) is 10.6 Å². The van der Waals surface area contributed by atoms with Crippen LogP contribution in [-0.2, 0) is 4.74 Å². The van der Waals surface area contributed by atoms with Gasteiger partial charge in [-0.2, -0.15) is 0 Å². The van der Waals surface area contributed by atoms with Crippen molar-refractivity contribution in [2.24, 2.45) is 11.3 Å². The fourth-order valence-electron chi connectivity index (χ4n) is 2.78. The van der Waals surface area contributed by atoms with Gasteiger partial charge in [0.2, 0.25) is 0 Å². The molecule has 1 amide bonds. The number of hydrogen-bond donors (Lipinski definition) is 2. The Bertz CT molecular complexity index is 290. The second kappa shape index (κ2) is 4.48. The lowest BCUT2D eigenvalue weighted by Gasteiger charge is -2.24. The van der Waals surface area contributed by atoms with Crippen LogP contribution in [0.25, 0.3) is 0 Å². The van der Waals surface area contributed by atoms with Crippen LogP contribution in [0.4, 0.5) is 4.79 Å². The van der Waals surface area contributed by atoms with E-state index in [-0.39, 0.29) is 6.09 Å². The van der Waals surface area contributed by atoms with Gasteiger partial charge in [-0.05, 0) is 64.5 Å². The van der Waals surface area contributed by atoms with E-state index in [0.717, 1.165) is 19.6 Å². The molecule has 1 saturated carbocycles. The largest absolute Gasteiger partial charge is 0.444 e. The molecule has 1 aliphatic carbocycles. The molecule has 1 atom stereocenters.